The quantitative estimate of drug-likeness (QED) is 0.810. The zero-order valence-corrected chi connectivity index (χ0v) is 13.9. The van der Waals surface area contributed by atoms with Crippen molar-refractivity contribution in [3.8, 4) is 0 Å². The molecule has 2 rings (SSSR count). The highest BCUT2D eigenvalue weighted by Gasteiger charge is 2.20. The molecular weight excluding hydrogens is 286 g/mol. The van der Waals surface area contributed by atoms with E-state index in [-0.39, 0.29) is 0 Å². The molecule has 1 aromatic rings. The second-order valence-electron chi connectivity index (χ2n) is 5.84. The molecule has 1 heterocycles. The van der Waals surface area contributed by atoms with Crippen molar-refractivity contribution in [1.82, 2.24) is 14.6 Å². The SMILES string of the molecule is CCn1cc(S(=O)(=O)NCC2CCCCC2)cc1CNC. The predicted octanol–water partition coefficient (Wildman–Crippen LogP) is 2.09. The van der Waals surface area contributed by atoms with E-state index in [0.29, 0.717) is 23.9 Å². The first-order valence-corrected chi connectivity index (χ1v) is 9.38. The number of hydrogen-bond acceptors (Lipinski definition) is 3. The summed E-state index contributed by atoms with van der Waals surface area (Å²) in [4.78, 5) is 0.380. The molecular formula is C15H27N3O2S. The first-order valence-electron chi connectivity index (χ1n) is 7.90. The van der Waals surface area contributed by atoms with Crippen molar-refractivity contribution in [1.29, 1.82) is 0 Å². The highest BCUT2D eigenvalue weighted by Crippen LogP contribution is 2.23. The van der Waals surface area contributed by atoms with Crippen LogP contribution in [-0.2, 0) is 23.1 Å². The highest BCUT2D eigenvalue weighted by atomic mass is 32.2. The minimum absolute atomic E-state index is 0.380. The van der Waals surface area contributed by atoms with Gasteiger partial charge in [0, 0.05) is 31.5 Å². The molecule has 1 aliphatic rings. The predicted molar refractivity (Wildman–Crippen MR) is 84.6 cm³/mol. The highest BCUT2D eigenvalue weighted by molar-refractivity contribution is 7.89. The fraction of sp³-hybridized carbons (Fsp3) is 0.733. The van der Waals surface area contributed by atoms with Crippen molar-refractivity contribution in [2.24, 2.45) is 5.92 Å². The Morgan fingerprint density at radius 2 is 2.00 bits per heavy atom. The van der Waals surface area contributed by atoms with Gasteiger partial charge in [0.25, 0.3) is 0 Å². The molecule has 1 fully saturated rings. The number of aromatic nitrogens is 1. The monoisotopic (exact) mass is 313 g/mol. The van der Waals surface area contributed by atoms with Gasteiger partial charge in [-0.1, -0.05) is 19.3 Å². The molecule has 1 aliphatic carbocycles. The second kappa shape index (κ2) is 7.42. The van der Waals surface area contributed by atoms with E-state index < -0.39 is 10.0 Å². The van der Waals surface area contributed by atoms with Crippen molar-refractivity contribution in [2.75, 3.05) is 13.6 Å². The summed E-state index contributed by atoms with van der Waals surface area (Å²) in [5.74, 6) is 0.499. The number of nitrogens with zero attached hydrogens (tertiary/aromatic N) is 1. The van der Waals surface area contributed by atoms with Crippen molar-refractivity contribution >= 4 is 10.0 Å². The standard InChI is InChI=1S/C15H27N3O2S/c1-3-18-12-15(9-14(18)11-16-2)21(19,20)17-10-13-7-5-4-6-8-13/h9,12-13,16-17H,3-8,10-11H2,1-2H3. The summed E-state index contributed by atoms with van der Waals surface area (Å²) in [5, 5.41) is 3.07. The maximum atomic E-state index is 12.4. The van der Waals surface area contributed by atoms with Gasteiger partial charge in [0.2, 0.25) is 10.0 Å². The van der Waals surface area contributed by atoms with Crippen LogP contribution in [0.25, 0.3) is 0 Å². The lowest BCUT2D eigenvalue weighted by atomic mass is 9.90. The fourth-order valence-electron chi connectivity index (χ4n) is 3.00. The maximum absolute atomic E-state index is 12.4. The number of aryl methyl sites for hydroxylation is 1. The van der Waals surface area contributed by atoms with Crippen LogP contribution in [0.3, 0.4) is 0 Å². The van der Waals surface area contributed by atoms with Crippen LogP contribution in [0.1, 0.15) is 44.7 Å². The first-order chi connectivity index (χ1) is 10.1. The Bertz CT molecular complexity index is 545. The molecule has 120 valence electrons. The molecule has 0 aliphatic heterocycles. The van der Waals surface area contributed by atoms with Crippen LogP contribution in [0, 0.1) is 5.92 Å². The fourth-order valence-corrected chi connectivity index (χ4v) is 4.18. The van der Waals surface area contributed by atoms with Gasteiger partial charge in [0.15, 0.2) is 0 Å². The Morgan fingerprint density at radius 1 is 1.29 bits per heavy atom. The molecule has 0 atom stereocenters. The van der Waals surface area contributed by atoms with Gasteiger partial charge in [-0.05, 0) is 38.8 Å². The maximum Gasteiger partial charge on any atom is 0.242 e. The third-order valence-corrected chi connectivity index (χ3v) is 5.65. The largest absolute Gasteiger partial charge is 0.349 e. The van der Waals surface area contributed by atoms with Crippen LogP contribution in [0.5, 0.6) is 0 Å². The van der Waals surface area contributed by atoms with E-state index in [9.17, 15) is 8.42 Å². The summed E-state index contributed by atoms with van der Waals surface area (Å²) < 4.78 is 29.6. The Kier molecular flexibility index (Phi) is 5.84. The summed E-state index contributed by atoms with van der Waals surface area (Å²) in [5.41, 5.74) is 0.998. The molecule has 1 aromatic heterocycles. The molecule has 0 aromatic carbocycles. The van der Waals surface area contributed by atoms with E-state index in [1.54, 1.807) is 12.3 Å². The summed E-state index contributed by atoms with van der Waals surface area (Å²) in [6, 6.07) is 1.77. The number of hydrogen-bond donors (Lipinski definition) is 2. The molecule has 2 N–H and O–H groups in total. The molecule has 5 nitrogen and oxygen atoms in total. The number of nitrogens with one attached hydrogen (secondary N) is 2. The van der Waals surface area contributed by atoms with Crippen LogP contribution < -0.4 is 10.0 Å². The van der Waals surface area contributed by atoms with Crippen molar-refractivity contribution in [2.45, 2.75) is 57.0 Å². The minimum atomic E-state index is -3.39. The molecule has 1 saturated carbocycles. The number of rotatable bonds is 7. The average molecular weight is 313 g/mol. The second-order valence-corrected chi connectivity index (χ2v) is 7.61. The van der Waals surface area contributed by atoms with Gasteiger partial charge in [-0.15, -0.1) is 0 Å². The van der Waals surface area contributed by atoms with Gasteiger partial charge < -0.3 is 9.88 Å². The van der Waals surface area contributed by atoms with E-state index >= 15 is 0 Å². The zero-order chi connectivity index (χ0) is 15.3. The molecule has 0 saturated heterocycles. The van der Waals surface area contributed by atoms with Crippen molar-refractivity contribution < 1.29 is 8.42 Å². The molecule has 21 heavy (non-hydrogen) atoms. The molecule has 0 spiro atoms. The Hall–Kier alpha value is -0.850. The molecule has 6 heteroatoms. The lowest BCUT2D eigenvalue weighted by Gasteiger charge is -2.21. The van der Waals surface area contributed by atoms with Gasteiger partial charge in [-0.3, -0.25) is 0 Å². The molecule has 0 bridgehead atoms. The molecule has 0 amide bonds. The molecule has 0 unspecified atom stereocenters. The summed E-state index contributed by atoms with van der Waals surface area (Å²) >= 11 is 0. The van der Waals surface area contributed by atoms with Crippen LogP contribution in [0.15, 0.2) is 17.2 Å². The van der Waals surface area contributed by atoms with Gasteiger partial charge in [0.05, 0.1) is 4.90 Å². The summed E-state index contributed by atoms with van der Waals surface area (Å²) in [6.45, 7) is 4.03. The van der Waals surface area contributed by atoms with Gasteiger partial charge in [-0.25, -0.2) is 13.1 Å². The third kappa shape index (κ3) is 4.31. The smallest absolute Gasteiger partial charge is 0.242 e. The summed E-state index contributed by atoms with van der Waals surface area (Å²) in [7, 11) is -1.52. The van der Waals surface area contributed by atoms with E-state index in [2.05, 4.69) is 10.0 Å². The van der Waals surface area contributed by atoms with E-state index in [4.69, 9.17) is 0 Å². The third-order valence-electron chi connectivity index (χ3n) is 4.26. The zero-order valence-electron chi connectivity index (χ0n) is 13.1. The average Bonchev–Trinajstić information content (AvgIpc) is 2.91. The lowest BCUT2D eigenvalue weighted by molar-refractivity contribution is 0.357. The van der Waals surface area contributed by atoms with Crippen molar-refractivity contribution in [3.05, 3.63) is 18.0 Å². The number of sulfonamides is 1. The lowest BCUT2D eigenvalue weighted by Crippen LogP contribution is -2.30. The van der Waals surface area contributed by atoms with E-state index in [0.717, 1.165) is 25.1 Å². The van der Waals surface area contributed by atoms with Gasteiger partial charge in [0.1, 0.15) is 0 Å². The van der Waals surface area contributed by atoms with Gasteiger partial charge in [-0.2, -0.15) is 0 Å². The first kappa shape index (κ1) is 16.5. The van der Waals surface area contributed by atoms with E-state index in [1.165, 1.54) is 19.3 Å². The Labute approximate surface area is 128 Å². The Balaban J connectivity index is 2.04. The normalized spacial score (nSPS) is 17.2. The van der Waals surface area contributed by atoms with Crippen LogP contribution >= 0.6 is 0 Å². The minimum Gasteiger partial charge on any atom is -0.349 e. The van der Waals surface area contributed by atoms with E-state index in [1.807, 2.05) is 18.5 Å². The Morgan fingerprint density at radius 3 is 2.62 bits per heavy atom. The van der Waals surface area contributed by atoms with Crippen molar-refractivity contribution in [3.63, 3.8) is 0 Å². The van der Waals surface area contributed by atoms with Crippen LogP contribution in [0.4, 0.5) is 0 Å². The van der Waals surface area contributed by atoms with Gasteiger partial charge >= 0.3 is 0 Å². The topological polar surface area (TPSA) is 63.1 Å². The van der Waals surface area contributed by atoms with Crippen LogP contribution in [-0.4, -0.2) is 26.6 Å². The van der Waals surface area contributed by atoms with Crippen LogP contribution in [0.2, 0.25) is 0 Å². The molecule has 0 radical (unpaired) electrons. The summed E-state index contributed by atoms with van der Waals surface area (Å²) in [6.07, 6.45) is 7.76.